The van der Waals surface area contributed by atoms with E-state index in [0.29, 0.717) is 33.5 Å². The van der Waals surface area contributed by atoms with Gasteiger partial charge in [0.1, 0.15) is 23.6 Å². The molecule has 2 aromatic carbocycles. The Morgan fingerprint density at radius 1 is 1.16 bits per heavy atom. The summed E-state index contributed by atoms with van der Waals surface area (Å²) in [4.78, 5) is 8.73. The number of nitrogens with zero attached hydrogens (tertiary/aromatic N) is 5. The number of methoxy groups -OCH3 is 1. The van der Waals surface area contributed by atoms with Crippen molar-refractivity contribution in [2.75, 3.05) is 12.4 Å². The Balaban J connectivity index is 1.40. The fourth-order valence-corrected chi connectivity index (χ4v) is 4.19. The molecule has 1 aliphatic rings. The summed E-state index contributed by atoms with van der Waals surface area (Å²) in [5, 5.41) is 12.8. The predicted molar refractivity (Wildman–Crippen MR) is 117 cm³/mol. The largest absolute Gasteiger partial charge is 0.494 e. The lowest BCUT2D eigenvalue weighted by molar-refractivity contribution is 0.360. The Labute approximate surface area is 188 Å². The molecule has 0 atom stereocenters. The number of aromatic nitrogens is 5. The molecule has 0 unspecified atom stereocenters. The van der Waals surface area contributed by atoms with E-state index in [4.69, 9.17) is 32.5 Å². The minimum atomic E-state index is -0.360. The Hall–Kier alpha value is -3.10. The number of nitrogens with one attached hydrogen (secondary N) is 1. The summed E-state index contributed by atoms with van der Waals surface area (Å²) >= 11 is 12.5. The molecule has 2 heterocycles. The van der Waals surface area contributed by atoms with Crippen molar-refractivity contribution in [3.63, 3.8) is 0 Å². The molecule has 0 amide bonds. The molecule has 0 radical (unpaired) electrons. The highest BCUT2D eigenvalue weighted by atomic mass is 35.5. The first kappa shape index (κ1) is 19.8. The minimum Gasteiger partial charge on any atom is -0.494 e. The Bertz CT molecular complexity index is 1260. The van der Waals surface area contributed by atoms with Gasteiger partial charge in [-0.3, -0.25) is 0 Å². The maximum Gasteiger partial charge on any atom is 0.267 e. The van der Waals surface area contributed by atoms with Crippen LogP contribution >= 0.6 is 23.2 Å². The van der Waals surface area contributed by atoms with Crippen molar-refractivity contribution in [1.29, 1.82) is 0 Å². The molecule has 1 aliphatic carbocycles. The van der Waals surface area contributed by atoms with Crippen molar-refractivity contribution in [3.05, 3.63) is 70.0 Å². The first-order chi connectivity index (χ1) is 15.0. The molecule has 1 saturated carbocycles. The molecule has 0 bridgehead atoms. The smallest absolute Gasteiger partial charge is 0.267 e. The molecule has 8 nitrogen and oxygen atoms in total. The fourth-order valence-electron chi connectivity index (χ4n) is 3.61. The summed E-state index contributed by atoms with van der Waals surface area (Å²) in [6, 6.07) is 11.1. The lowest BCUT2D eigenvalue weighted by atomic mass is 9.96. The zero-order chi connectivity index (χ0) is 21.6. The number of hydrogen-bond donors (Lipinski definition) is 1. The topological polar surface area (TPSA) is 90.9 Å². The van der Waals surface area contributed by atoms with Crippen LogP contribution in [0.2, 0.25) is 10.0 Å². The van der Waals surface area contributed by atoms with E-state index in [1.807, 2.05) is 37.3 Å². The zero-order valence-corrected chi connectivity index (χ0v) is 18.3. The summed E-state index contributed by atoms with van der Waals surface area (Å²) in [6.07, 6.45) is 3.41. The number of halogens is 2. The minimum absolute atomic E-state index is 0.359. The molecule has 2 aromatic heterocycles. The van der Waals surface area contributed by atoms with Gasteiger partial charge in [-0.1, -0.05) is 29.3 Å². The van der Waals surface area contributed by atoms with Gasteiger partial charge in [0, 0.05) is 21.8 Å². The van der Waals surface area contributed by atoms with Crippen LogP contribution in [0.25, 0.3) is 5.69 Å². The second-order valence-corrected chi connectivity index (χ2v) is 8.22. The summed E-state index contributed by atoms with van der Waals surface area (Å²) in [5.74, 6) is 2.20. The van der Waals surface area contributed by atoms with Gasteiger partial charge in [0.2, 0.25) is 5.89 Å². The highest BCUT2D eigenvalue weighted by Crippen LogP contribution is 2.55. The monoisotopic (exact) mass is 456 g/mol. The summed E-state index contributed by atoms with van der Waals surface area (Å²) in [7, 11) is 1.60. The maximum absolute atomic E-state index is 6.43. The molecule has 0 aliphatic heterocycles. The third-order valence-electron chi connectivity index (χ3n) is 5.32. The van der Waals surface area contributed by atoms with Gasteiger partial charge in [0.25, 0.3) is 5.95 Å². The van der Waals surface area contributed by atoms with Gasteiger partial charge in [-0.05, 0) is 54.8 Å². The van der Waals surface area contributed by atoms with Crippen LogP contribution in [0.4, 0.5) is 11.6 Å². The molecule has 0 saturated heterocycles. The third kappa shape index (κ3) is 3.62. The van der Waals surface area contributed by atoms with E-state index < -0.39 is 0 Å². The lowest BCUT2D eigenvalue weighted by Gasteiger charge is -2.12. The Kier molecular flexibility index (Phi) is 4.83. The van der Waals surface area contributed by atoms with E-state index in [0.717, 1.165) is 29.8 Å². The summed E-state index contributed by atoms with van der Waals surface area (Å²) < 4.78 is 12.8. The molecule has 31 heavy (non-hydrogen) atoms. The highest BCUT2D eigenvalue weighted by molar-refractivity contribution is 6.35. The van der Waals surface area contributed by atoms with Crippen molar-refractivity contribution in [2.24, 2.45) is 0 Å². The lowest BCUT2D eigenvalue weighted by Crippen LogP contribution is -2.10. The highest BCUT2D eigenvalue weighted by Gasteiger charge is 2.52. The zero-order valence-electron chi connectivity index (χ0n) is 16.8. The van der Waals surface area contributed by atoms with E-state index in [9.17, 15) is 0 Å². The number of anilines is 2. The second-order valence-electron chi connectivity index (χ2n) is 7.38. The van der Waals surface area contributed by atoms with E-state index >= 15 is 0 Å². The van der Waals surface area contributed by atoms with Crippen molar-refractivity contribution in [1.82, 2.24) is 24.9 Å². The van der Waals surface area contributed by atoms with E-state index in [2.05, 4.69) is 25.5 Å². The van der Waals surface area contributed by atoms with Crippen molar-refractivity contribution in [3.8, 4) is 11.4 Å². The number of rotatable bonds is 6. The van der Waals surface area contributed by atoms with Crippen molar-refractivity contribution < 1.29 is 9.26 Å². The Morgan fingerprint density at radius 2 is 2.00 bits per heavy atom. The van der Waals surface area contributed by atoms with Gasteiger partial charge in [-0.25, -0.2) is 9.67 Å². The van der Waals surface area contributed by atoms with Crippen LogP contribution in [0, 0.1) is 6.92 Å². The molecule has 10 heteroatoms. The van der Waals surface area contributed by atoms with E-state index in [1.165, 1.54) is 0 Å². The first-order valence-electron chi connectivity index (χ1n) is 9.62. The summed E-state index contributed by atoms with van der Waals surface area (Å²) in [5.41, 5.74) is 2.11. The molecule has 158 valence electrons. The number of hydrogen-bond acceptors (Lipinski definition) is 7. The van der Waals surface area contributed by atoms with Gasteiger partial charge >= 0.3 is 0 Å². The molecule has 1 N–H and O–H groups in total. The summed E-state index contributed by atoms with van der Waals surface area (Å²) in [6.45, 7) is 1.83. The average molecular weight is 457 g/mol. The van der Waals surface area contributed by atoms with Crippen LogP contribution in [0.1, 0.15) is 30.1 Å². The normalized spacial score (nSPS) is 14.5. The van der Waals surface area contributed by atoms with Crippen LogP contribution < -0.4 is 10.1 Å². The van der Waals surface area contributed by atoms with Gasteiger partial charge in [0.05, 0.1) is 12.5 Å². The van der Waals surface area contributed by atoms with Crippen molar-refractivity contribution in [2.45, 2.75) is 25.2 Å². The van der Waals surface area contributed by atoms with Crippen molar-refractivity contribution >= 4 is 34.8 Å². The molecule has 4 aromatic rings. The third-order valence-corrected chi connectivity index (χ3v) is 5.87. The number of aryl methyl sites for hydroxylation is 1. The fraction of sp³-hybridized carbons (Fsp3) is 0.238. The van der Waals surface area contributed by atoms with Crippen LogP contribution in [0.5, 0.6) is 5.75 Å². The first-order valence-corrected chi connectivity index (χ1v) is 10.4. The maximum atomic E-state index is 6.43. The van der Waals surface area contributed by atoms with Gasteiger partial charge in [-0.15, -0.1) is 0 Å². The van der Waals surface area contributed by atoms with Gasteiger partial charge in [0.15, 0.2) is 0 Å². The second kappa shape index (κ2) is 7.55. The number of benzene rings is 2. The quantitative estimate of drug-likeness (QED) is 0.431. The van der Waals surface area contributed by atoms with Crippen LogP contribution in [0.15, 0.2) is 47.2 Å². The molecule has 5 rings (SSSR count). The van der Waals surface area contributed by atoms with Crippen LogP contribution in [-0.4, -0.2) is 32.0 Å². The van der Waals surface area contributed by atoms with E-state index in [-0.39, 0.29) is 5.41 Å². The van der Waals surface area contributed by atoms with E-state index in [1.54, 1.807) is 24.2 Å². The van der Waals surface area contributed by atoms with Crippen LogP contribution in [0.3, 0.4) is 0 Å². The number of ether oxygens (including phenoxy) is 1. The molecular weight excluding hydrogens is 439 g/mol. The average Bonchev–Trinajstić information content (AvgIpc) is 3.20. The molecule has 1 fully saturated rings. The SMILES string of the molecule is COc1cc(Nc2noc(C3(c4ccc(Cl)cc4Cl)CC3)n2)ccc1-n1cnc(C)n1. The standard InChI is InChI=1S/C21H18Cl2N6O2/c1-12-24-11-29(27-12)17-6-4-14(10-18(17)30-2)25-20-26-19(31-28-20)21(7-8-21)15-5-3-13(22)9-16(15)23/h3-6,9-11H,7-8H2,1-2H3,(H,25,28). The molecule has 0 spiro atoms. The van der Waals surface area contributed by atoms with Gasteiger partial charge < -0.3 is 14.6 Å². The van der Waals surface area contributed by atoms with Gasteiger partial charge in [-0.2, -0.15) is 10.1 Å². The Morgan fingerprint density at radius 3 is 2.68 bits per heavy atom. The predicted octanol–water partition coefficient (Wildman–Crippen LogP) is 5.10. The van der Waals surface area contributed by atoms with Crippen LogP contribution in [-0.2, 0) is 5.41 Å². The molecular formula is C21H18Cl2N6O2.